The third-order valence-corrected chi connectivity index (χ3v) is 3.81. The Kier molecular flexibility index (Phi) is 3.57. The van der Waals surface area contributed by atoms with Crippen LogP contribution in [-0.2, 0) is 0 Å². The lowest BCUT2D eigenvalue weighted by Gasteiger charge is -2.37. The van der Waals surface area contributed by atoms with Crippen LogP contribution in [0.4, 0.5) is 23.2 Å². The summed E-state index contributed by atoms with van der Waals surface area (Å²) in [6.45, 7) is 0. The van der Waals surface area contributed by atoms with E-state index >= 15 is 0 Å². The molecule has 0 unspecified atom stereocenters. The zero-order valence-corrected chi connectivity index (χ0v) is 11.0. The number of rotatable bonds is 3. The molecule has 0 spiro atoms. The minimum absolute atomic E-state index is 0.0750. The molecule has 2 aromatic carbocycles. The maximum atomic E-state index is 13.5. The Morgan fingerprint density at radius 2 is 1.67 bits per heavy atom. The van der Waals surface area contributed by atoms with Crippen molar-refractivity contribution >= 4 is 5.69 Å². The fraction of sp³-hybridized carbons (Fsp3) is 0.250. The number of halogens is 4. The second-order valence-corrected chi connectivity index (χ2v) is 5.31. The van der Waals surface area contributed by atoms with Crippen molar-refractivity contribution in [3.63, 3.8) is 0 Å². The Bertz CT molecular complexity index is 665. The standard InChI is InChI=1S/C16H13F4N/c17-11-3-1-2-9(4-11)10-5-13(6-10)21-15-8-12(18)7-14(19)16(15)20/h1-4,7-8,10,13,21H,5-6H2. The first-order chi connectivity index (χ1) is 10.0. The molecule has 3 rings (SSSR count). The van der Waals surface area contributed by atoms with Crippen LogP contribution in [0.2, 0.25) is 0 Å². The molecular formula is C16H13F4N. The Morgan fingerprint density at radius 1 is 0.905 bits per heavy atom. The van der Waals surface area contributed by atoms with Crippen molar-refractivity contribution in [3.05, 3.63) is 65.2 Å². The summed E-state index contributed by atoms with van der Waals surface area (Å²) in [7, 11) is 0. The van der Waals surface area contributed by atoms with Crippen molar-refractivity contribution in [3.8, 4) is 0 Å². The van der Waals surface area contributed by atoms with E-state index in [1.165, 1.54) is 12.1 Å². The number of benzene rings is 2. The highest BCUT2D eigenvalue weighted by molar-refractivity contribution is 5.47. The van der Waals surface area contributed by atoms with Gasteiger partial charge in [0.2, 0.25) is 0 Å². The molecular weight excluding hydrogens is 282 g/mol. The molecule has 0 radical (unpaired) electrons. The fourth-order valence-corrected chi connectivity index (χ4v) is 2.65. The second-order valence-electron chi connectivity index (χ2n) is 5.31. The van der Waals surface area contributed by atoms with Gasteiger partial charge in [-0.2, -0.15) is 0 Å². The fourth-order valence-electron chi connectivity index (χ4n) is 2.65. The zero-order chi connectivity index (χ0) is 15.0. The Morgan fingerprint density at radius 3 is 2.38 bits per heavy atom. The van der Waals surface area contributed by atoms with Crippen LogP contribution in [0.5, 0.6) is 0 Å². The van der Waals surface area contributed by atoms with Gasteiger partial charge < -0.3 is 5.32 Å². The normalized spacial score (nSPS) is 21.0. The van der Waals surface area contributed by atoms with Gasteiger partial charge in [-0.3, -0.25) is 0 Å². The van der Waals surface area contributed by atoms with Gasteiger partial charge in [-0.05, 0) is 36.5 Å². The molecule has 1 aliphatic rings. The van der Waals surface area contributed by atoms with Crippen molar-refractivity contribution in [2.24, 2.45) is 0 Å². The average molecular weight is 295 g/mol. The van der Waals surface area contributed by atoms with E-state index in [0.29, 0.717) is 18.9 Å². The first-order valence-corrected chi connectivity index (χ1v) is 6.69. The lowest BCUT2D eigenvalue weighted by atomic mass is 9.76. The first-order valence-electron chi connectivity index (χ1n) is 6.69. The molecule has 0 atom stereocenters. The summed E-state index contributed by atoms with van der Waals surface area (Å²) < 4.78 is 52.8. The van der Waals surface area contributed by atoms with E-state index in [1.807, 2.05) is 6.07 Å². The van der Waals surface area contributed by atoms with Gasteiger partial charge in [0.25, 0.3) is 0 Å². The molecule has 0 aliphatic heterocycles. The Hall–Kier alpha value is -2.04. The van der Waals surface area contributed by atoms with Crippen LogP contribution in [0.15, 0.2) is 36.4 Å². The first kappa shape index (κ1) is 13.9. The van der Waals surface area contributed by atoms with Crippen molar-refractivity contribution in [2.45, 2.75) is 24.8 Å². The second kappa shape index (κ2) is 5.39. The predicted molar refractivity (Wildman–Crippen MR) is 72.1 cm³/mol. The SMILES string of the molecule is Fc1cccc(C2CC(Nc3cc(F)cc(F)c3F)C2)c1. The highest BCUT2D eigenvalue weighted by atomic mass is 19.2. The van der Waals surface area contributed by atoms with Crippen LogP contribution in [0.25, 0.3) is 0 Å². The highest BCUT2D eigenvalue weighted by Crippen LogP contribution is 2.39. The number of nitrogens with one attached hydrogen (secondary N) is 1. The van der Waals surface area contributed by atoms with Crippen LogP contribution in [0, 0.1) is 23.3 Å². The summed E-state index contributed by atoms with van der Waals surface area (Å²) in [6, 6.07) is 7.71. The van der Waals surface area contributed by atoms with Gasteiger partial charge in [-0.15, -0.1) is 0 Å². The maximum absolute atomic E-state index is 13.5. The van der Waals surface area contributed by atoms with Gasteiger partial charge >= 0.3 is 0 Å². The van der Waals surface area contributed by atoms with Gasteiger partial charge in [0.15, 0.2) is 11.6 Å². The largest absolute Gasteiger partial charge is 0.380 e. The summed E-state index contributed by atoms with van der Waals surface area (Å²) in [4.78, 5) is 0. The molecule has 1 saturated carbocycles. The molecule has 2 aromatic rings. The van der Waals surface area contributed by atoms with Crippen LogP contribution in [-0.4, -0.2) is 6.04 Å². The number of anilines is 1. The Balaban J connectivity index is 1.65. The maximum Gasteiger partial charge on any atom is 0.182 e. The smallest absolute Gasteiger partial charge is 0.182 e. The van der Waals surface area contributed by atoms with E-state index in [9.17, 15) is 17.6 Å². The number of hydrogen-bond donors (Lipinski definition) is 1. The molecule has 1 nitrogen and oxygen atoms in total. The topological polar surface area (TPSA) is 12.0 Å². The molecule has 110 valence electrons. The summed E-state index contributed by atoms with van der Waals surface area (Å²) >= 11 is 0. The van der Waals surface area contributed by atoms with Crippen molar-refractivity contribution < 1.29 is 17.6 Å². The van der Waals surface area contributed by atoms with Crippen molar-refractivity contribution in [1.29, 1.82) is 0 Å². The summed E-state index contributed by atoms with van der Waals surface area (Å²) in [5.41, 5.74) is 0.717. The minimum atomic E-state index is -1.21. The molecule has 5 heteroatoms. The molecule has 1 N–H and O–H groups in total. The van der Waals surface area contributed by atoms with Gasteiger partial charge in [0.1, 0.15) is 11.6 Å². The van der Waals surface area contributed by atoms with Gasteiger partial charge in [-0.1, -0.05) is 12.1 Å². The Labute approximate surface area is 119 Å². The lowest BCUT2D eigenvalue weighted by molar-refractivity contribution is 0.370. The van der Waals surface area contributed by atoms with E-state index in [0.717, 1.165) is 11.6 Å². The number of hydrogen-bond acceptors (Lipinski definition) is 1. The highest BCUT2D eigenvalue weighted by Gasteiger charge is 2.31. The zero-order valence-electron chi connectivity index (χ0n) is 11.0. The van der Waals surface area contributed by atoms with Gasteiger partial charge in [0, 0.05) is 18.2 Å². The molecule has 0 amide bonds. The van der Waals surface area contributed by atoms with E-state index in [-0.39, 0.29) is 23.5 Å². The van der Waals surface area contributed by atoms with Crippen LogP contribution >= 0.6 is 0 Å². The lowest BCUT2D eigenvalue weighted by Crippen LogP contribution is -2.34. The molecule has 0 heterocycles. The van der Waals surface area contributed by atoms with Crippen LogP contribution in [0.1, 0.15) is 24.3 Å². The molecule has 1 fully saturated rings. The van der Waals surface area contributed by atoms with Gasteiger partial charge in [0.05, 0.1) is 5.69 Å². The third-order valence-electron chi connectivity index (χ3n) is 3.81. The quantitative estimate of drug-likeness (QED) is 0.644. The van der Waals surface area contributed by atoms with E-state index in [2.05, 4.69) is 5.32 Å². The molecule has 21 heavy (non-hydrogen) atoms. The molecule has 0 saturated heterocycles. The van der Waals surface area contributed by atoms with E-state index in [1.54, 1.807) is 6.07 Å². The molecule has 1 aliphatic carbocycles. The van der Waals surface area contributed by atoms with Gasteiger partial charge in [-0.25, -0.2) is 17.6 Å². The summed E-state index contributed by atoms with van der Waals surface area (Å²) in [5, 5.41) is 2.79. The predicted octanol–water partition coefficient (Wildman–Crippen LogP) is 4.60. The molecule has 0 aromatic heterocycles. The van der Waals surface area contributed by atoms with E-state index in [4.69, 9.17) is 0 Å². The monoisotopic (exact) mass is 295 g/mol. The minimum Gasteiger partial charge on any atom is -0.380 e. The van der Waals surface area contributed by atoms with Crippen molar-refractivity contribution in [1.82, 2.24) is 0 Å². The summed E-state index contributed by atoms with van der Waals surface area (Å²) in [5.74, 6) is -3.22. The van der Waals surface area contributed by atoms with Crippen LogP contribution < -0.4 is 5.32 Å². The molecule has 0 bridgehead atoms. The van der Waals surface area contributed by atoms with E-state index < -0.39 is 17.5 Å². The van der Waals surface area contributed by atoms with Crippen molar-refractivity contribution in [2.75, 3.05) is 5.32 Å². The third kappa shape index (κ3) is 2.86. The average Bonchev–Trinajstić information content (AvgIpc) is 2.38. The summed E-state index contributed by atoms with van der Waals surface area (Å²) in [6.07, 6.45) is 1.34. The van der Waals surface area contributed by atoms with Crippen LogP contribution in [0.3, 0.4) is 0 Å².